The fourth-order valence-electron chi connectivity index (χ4n) is 6.38. The molecule has 0 saturated heterocycles. The normalized spacial score (nSPS) is 11.7. The van der Waals surface area contributed by atoms with E-state index in [-0.39, 0.29) is 0 Å². The van der Waals surface area contributed by atoms with Crippen LogP contribution in [0.3, 0.4) is 0 Å². The van der Waals surface area contributed by atoms with E-state index in [9.17, 15) is 0 Å². The van der Waals surface area contributed by atoms with Crippen LogP contribution in [0.5, 0.6) is 0 Å². The van der Waals surface area contributed by atoms with Gasteiger partial charge >= 0.3 is 0 Å². The molecular weight excluding hydrogens is 543 g/mol. The summed E-state index contributed by atoms with van der Waals surface area (Å²) in [4.78, 5) is 2.33. The van der Waals surface area contributed by atoms with Crippen molar-refractivity contribution in [2.75, 3.05) is 4.90 Å². The van der Waals surface area contributed by atoms with Gasteiger partial charge in [-0.15, -0.1) is 11.3 Å². The minimum atomic E-state index is 0.914. The molecule has 43 heavy (non-hydrogen) atoms. The van der Waals surface area contributed by atoms with E-state index in [2.05, 4.69) is 144 Å². The third-order valence-corrected chi connectivity index (χ3v) is 9.65. The Labute approximate surface area is 252 Å². The van der Waals surface area contributed by atoms with Crippen molar-refractivity contribution >= 4 is 81.3 Å². The molecule has 0 spiro atoms. The zero-order valence-corrected chi connectivity index (χ0v) is 24.0. The molecule has 2 heterocycles. The molecular formula is C40H25NOS. The molecule has 0 bridgehead atoms. The monoisotopic (exact) mass is 567 g/mol. The van der Waals surface area contributed by atoms with Gasteiger partial charge in [0.25, 0.3) is 0 Å². The molecule has 0 amide bonds. The van der Waals surface area contributed by atoms with Gasteiger partial charge in [-0.3, -0.25) is 0 Å². The average Bonchev–Trinajstić information content (AvgIpc) is 3.62. The number of rotatable bonds is 4. The predicted molar refractivity (Wildman–Crippen MR) is 184 cm³/mol. The molecule has 7 aromatic carbocycles. The molecule has 0 N–H and O–H groups in total. The van der Waals surface area contributed by atoms with Crippen LogP contribution in [0.2, 0.25) is 0 Å². The van der Waals surface area contributed by atoms with Gasteiger partial charge in [0.2, 0.25) is 0 Å². The van der Waals surface area contributed by atoms with Crippen LogP contribution >= 0.6 is 11.3 Å². The van der Waals surface area contributed by atoms with Gasteiger partial charge in [-0.05, 0) is 82.6 Å². The van der Waals surface area contributed by atoms with Crippen LogP contribution < -0.4 is 4.90 Å². The van der Waals surface area contributed by atoms with Gasteiger partial charge in [0.15, 0.2) is 0 Å². The first-order valence-electron chi connectivity index (χ1n) is 14.5. The molecule has 0 fully saturated rings. The maximum absolute atomic E-state index is 6.22. The van der Waals surface area contributed by atoms with E-state index in [4.69, 9.17) is 4.42 Å². The Hall–Kier alpha value is -5.38. The maximum atomic E-state index is 6.22. The first-order valence-corrected chi connectivity index (χ1v) is 15.3. The Morgan fingerprint density at radius 2 is 1.16 bits per heavy atom. The molecule has 0 aliphatic rings. The van der Waals surface area contributed by atoms with Gasteiger partial charge in [0.1, 0.15) is 11.2 Å². The van der Waals surface area contributed by atoms with Crippen molar-refractivity contribution in [1.29, 1.82) is 0 Å². The summed E-state index contributed by atoms with van der Waals surface area (Å²) in [6.07, 6.45) is 0. The van der Waals surface area contributed by atoms with Crippen LogP contribution in [0.25, 0.3) is 64.0 Å². The minimum Gasteiger partial charge on any atom is -0.456 e. The largest absolute Gasteiger partial charge is 0.456 e. The number of benzene rings is 7. The second-order valence-electron chi connectivity index (χ2n) is 11.0. The van der Waals surface area contributed by atoms with Crippen LogP contribution in [-0.2, 0) is 0 Å². The van der Waals surface area contributed by atoms with Crippen LogP contribution in [0.1, 0.15) is 0 Å². The summed E-state index contributed by atoms with van der Waals surface area (Å²) in [6.45, 7) is 0. The molecule has 9 aromatic rings. The highest BCUT2D eigenvalue weighted by molar-refractivity contribution is 7.26. The van der Waals surface area contributed by atoms with E-state index in [0.29, 0.717) is 0 Å². The van der Waals surface area contributed by atoms with E-state index >= 15 is 0 Å². The average molecular weight is 568 g/mol. The Bertz CT molecular complexity index is 2450. The van der Waals surface area contributed by atoms with Gasteiger partial charge < -0.3 is 9.32 Å². The molecule has 3 heteroatoms. The maximum Gasteiger partial charge on any atom is 0.136 e. The van der Waals surface area contributed by atoms with E-state index in [1.807, 2.05) is 23.5 Å². The standard InChI is InChI=1S/C40H25NOS/c1-2-9-29(10-3-1)41(31-22-19-27-24-36-33-11-4-6-15-37(33)42-38(36)25-28(27)23-31)30-20-17-26(18-21-30)32-13-8-14-35-34-12-5-7-16-39(34)43-40(32)35/h1-25H. The highest BCUT2D eigenvalue weighted by Gasteiger charge is 2.16. The number of fused-ring (bicyclic) bond motifs is 7. The fourth-order valence-corrected chi connectivity index (χ4v) is 7.62. The summed E-state index contributed by atoms with van der Waals surface area (Å²) in [7, 11) is 0. The van der Waals surface area contributed by atoms with Crippen molar-refractivity contribution in [2.45, 2.75) is 0 Å². The quantitative estimate of drug-likeness (QED) is 0.210. The highest BCUT2D eigenvalue weighted by Crippen LogP contribution is 2.42. The van der Waals surface area contributed by atoms with E-state index in [0.717, 1.165) is 44.4 Å². The first kappa shape index (κ1) is 24.2. The molecule has 9 rings (SSSR count). The SMILES string of the molecule is c1ccc(N(c2ccc(-c3cccc4c3sc3ccccc34)cc2)c2ccc3cc4c(cc3c2)oc2ccccc24)cc1. The molecule has 0 atom stereocenters. The van der Waals surface area contributed by atoms with Gasteiger partial charge in [-0.25, -0.2) is 0 Å². The van der Waals surface area contributed by atoms with Crippen LogP contribution in [-0.4, -0.2) is 0 Å². The fraction of sp³-hybridized carbons (Fsp3) is 0. The third kappa shape index (κ3) is 3.93. The highest BCUT2D eigenvalue weighted by atomic mass is 32.1. The van der Waals surface area contributed by atoms with Crippen molar-refractivity contribution in [3.63, 3.8) is 0 Å². The summed E-state index contributed by atoms with van der Waals surface area (Å²) < 4.78 is 8.89. The number of nitrogens with zero attached hydrogens (tertiary/aromatic N) is 1. The molecule has 202 valence electrons. The van der Waals surface area contributed by atoms with E-state index < -0.39 is 0 Å². The zero-order chi connectivity index (χ0) is 28.3. The van der Waals surface area contributed by atoms with Crippen molar-refractivity contribution in [1.82, 2.24) is 0 Å². The van der Waals surface area contributed by atoms with Gasteiger partial charge in [-0.2, -0.15) is 0 Å². The lowest BCUT2D eigenvalue weighted by Gasteiger charge is -2.26. The van der Waals surface area contributed by atoms with Crippen LogP contribution in [0.4, 0.5) is 17.1 Å². The molecule has 2 aromatic heterocycles. The summed E-state index contributed by atoms with van der Waals surface area (Å²) in [6, 6.07) is 54.3. The summed E-state index contributed by atoms with van der Waals surface area (Å²) in [5, 5.41) is 7.30. The molecule has 0 aliphatic heterocycles. The zero-order valence-electron chi connectivity index (χ0n) is 23.2. The lowest BCUT2D eigenvalue weighted by molar-refractivity contribution is 0.669. The van der Waals surface area contributed by atoms with E-state index in [1.165, 1.54) is 36.7 Å². The lowest BCUT2D eigenvalue weighted by Crippen LogP contribution is -2.09. The van der Waals surface area contributed by atoms with Gasteiger partial charge in [0.05, 0.1) is 0 Å². The number of para-hydroxylation sites is 2. The minimum absolute atomic E-state index is 0.914. The topological polar surface area (TPSA) is 16.4 Å². The number of hydrogen-bond donors (Lipinski definition) is 0. The molecule has 0 aliphatic carbocycles. The van der Waals surface area contributed by atoms with Crippen molar-refractivity contribution in [2.24, 2.45) is 0 Å². The van der Waals surface area contributed by atoms with Gasteiger partial charge in [0, 0.05) is 48.0 Å². The Kier molecular flexibility index (Phi) is 5.40. The van der Waals surface area contributed by atoms with Crippen LogP contribution in [0, 0.1) is 0 Å². The molecule has 0 radical (unpaired) electrons. The molecule has 2 nitrogen and oxygen atoms in total. The smallest absolute Gasteiger partial charge is 0.136 e. The predicted octanol–water partition coefficient (Wildman–Crippen LogP) is 12.2. The van der Waals surface area contributed by atoms with Crippen molar-refractivity contribution in [3.8, 4) is 11.1 Å². The number of thiophene rings is 1. The number of anilines is 3. The first-order chi connectivity index (χ1) is 21.3. The number of furan rings is 1. The summed E-state index contributed by atoms with van der Waals surface area (Å²) in [5.41, 5.74) is 7.67. The molecule has 0 saturated carbocycles. The summed E-state index contributed by atoms with van der Waals surface area (Å²) >= 11 is 1.87. The number of hydrogen-bond acceptors (Lipinski definition) is 3. The van der Waals surface area contributed by atoms with E-state index in [1.54, 1.807) is 0 Å². The second kappa shape index (κ2) is 9.59. The van der Waals surface area contributed by atoms with Crippen LogP contribution in [0.15, 0.2) is 156 Å². The molecule has 0 unspecified atom stereocenters. The summed E-state index contributed by atoms with van der Waals surface area (Å²) in [5.74, 6) is 0. The lowest BCUT2D eigenvalue weighted by atomic mass is 10.0. The van der Waals surface area contributed by atoms with Crippen molar-refractivity contribution < 1.29 is 4.42 Å². The Morgan fingerprint density at radius 3 is 2.05 bits per heavy atom. The van der Waals surface area contributed by atoms with Crippen molar-refractivity contribution in [3.05, 3.63) is 152 Å². The third-order valence-electron chi connectivity index (χ3n) is 8.43. The second-order valence-corrected chi connectivity index (χ2v) is 12.0. The Morgan fingerprint density at radius 1 is 0.442 bits per heavy atom. The Balaban J connectivity index is 1.16. The van der Waals surface area contributed by atoms with Gasteiger partial charge in [-0.1, -0.05) is 91.0 Å².